The molecule has 0 nitrogen and oxygen atoms in total. The third-order valence-corrected chi connectivity index (χ3v) is 2.16. The van der Waals surface area contributed by atoms with Gasteiger partial charge in [0.05, 0.1) is 0 Å². The third kappa shape index (κ3) is 5.36. The molecule has 1 saturated carbocycles. The molecule has 1 unspecified atom stereocenters. The van der Waals surface area contributed by atoms with Gasteiger partial charge < -0.3 is 19.8 Å². The van der Waals surface area contributed by atoms with Gasteiger partial charge in [-0.25, -0.2) is 19.3 Å². The molecular weight excluding hydrogens is 209 g/mol. The fourth-order valence-electron chi connectivity index (χ4n) is 1.54. The molecule has 1 rings (SSSR count). The predicted molar refractivity (Wildman–Crippen MR) is 45.1 cm³/mol. The van der Waals surface area contributed by atoms with Gasteiger partial charge in [0, 0.05) is 0 Å². The molecule has 1 fully saturated rings. The van der Waals surface area contributed by atoms with Crippen molar-refractivity contribution in [1.29, 1.82) is 0 Å². The van der Waals surface area contributed by atoms with Crippen molar-refractivity contribution in [3.63, 3.8) is 0 Å². The Bertz CT molecular complexity index is 74.9. The molecule has 0 aromatic heterocycles. The van der Waals surface area contributed by atoms with E-state index in [1.807, 2.05) is 0 Å². The van der Waals surface area contributed by atoms with Crippen molar-refractivity contribution in [3.05, 3.63) is 19.8 Å². The van der Waals surface area contributed by atoms with Gasteiger partial charge in [0.25, 0.3) is 0 Å². The van der Waals surface area contributed by atoms with Crippen molar-refractivity contribution in [2.45, 2.75) is 38.5 Å². The molecule has 0 N–H and O–H groups in total. The van der Waals surface area contributed by atoms with Crippen molar-refractivity contribution in [1.82, 2.24) is 0 Å². The van der Waals surface area contributed by atoms with E-state index in [1.54, 1.807) is 0 Å². The van der Waals surface area contributed by atoms with Crippen LogP contribution in [-0.4, -0.2) is 0 Å². The number of unbranched alkanes of at least 4 members (excludes halogenated alkanes) is 2. The minimum Gasteiger partial charge on any atom is -0.346 e. The van der Waals surface area contributed by atoms with Gasteiger partial charge in [0.15, 0.2) is 0 Å². The van der Waals surface area contributed by atoms with Crippen LogP contribution in [0.25, 0.3) is 0 Å². The van der Waals surface area contributed by atoms with Crippen LogP contribution in [0.5, 0.6) is 0 Å². The first-order valence-corrected chi connectivity index (χ1v) is 4.37. The molecule has 1 atom stereocenters. The van der Waals surface area contributed by atoms with Gasteiger partial charge in [-0.1, -0.05) is 12.8 Å². The average molecular weight is 226 g/mol. The Morgan fingerprint density at radius 1 is 1.55 bits per heavy atom. The Balaban J connectivity index is 0.000001000. The maximum atomic E-state index is 3.81. The molecule has 1 aliphatic carbocycles. The van der Waals surface area contributed by atoms with Crippen LogP contribution < -0.4 is 0 Å². The summed E-state index contributed by atoms with van der Waals surface area (Å²) in [6.07, 6.45) is 12.6. The van der Waals surface area contributed by atoms with Crippen LogP contribution in [0.3, 0.4) is 0 Å². The summed E-state index contributed by atoms with van der Waals surface area (Å²) in [4.78, 5) is 0. The zero-order chi connectivity index (χ0) is 7.23. The average Bonchev–Trinajstić information content (AvgIpc) is 2.41. The summed E-state index contributed by atoms with van der Waals surface area (Å²) in [7, 11) is 0. The second-order valence-electron chi connectivity index (χ2n) is 3.09. The van der Waals surface area contributed by atoms with E-state index in [9.17, 15) is 0 Å². The van der Waals surface area contributed by atoms with E-state index >= 15 is 0 Å². The molecule has 60 valence electrons. The Labute approximate surface area is 96.4 Å². The standard InChI is InChI=1S/C10H17.Y/c1-2-3-4-7-10-8-5-6-9-10;/h4,8,10H,1-3,5-7,9H2;/q-3;+3. The maximum absolute atomic E-state index is 3.81. The van der Waals surface area contributed by atoms with E-state index in [1.165, 1.54) is 32.1 Å². The number of hydrogen-bond donors (Lipinski definition) is 0. The number of rotatable bonds is 4. The first-order valence-electron chi connectivity index (χ1n) is 4.37. The summed E-state index contributed by atoms with van der Waals surface area (Å²) in [6, 6.07) is 0. The van der Waals surface area contributed by atoms with Crippen LogP contribution in [0, 0.1) is 25.7 Å². The van der Waals surface area contributed by atoms with Gasteiger partial charge in [-0.15, -0.1) is 0 Å². The van der Waals surface area contributed by atoms with Crippen molar-refractivity contribution >= 4 is 0 Å². The monoisotopic (exact) mass is 226 g/mol. The molecule has 0 aromatic carbocycles. The van der Waals surface area contributed by atoms with Gasteiger partial charge in [0.1, 0.15) is 0 Å². The molecule has 1 heteroatoms. The minimum absolute atomic E-state index is 0. The van der Waals surface area contributed by atoms with Crippen molar-refractivity contribution in [2.75, 3.05) is 0 Å². The van der Waals surface area contributed by atoms with Crippen LogP contribution in [0.15, 0.2) is 0 Å². The van der Waals surface area contributed by atoms with E-state index in [4.69, 9.17) is 0 Å². The summed E-state index contributed by atoms with van der Waals surface area (Å²) in [5, 5.41) is 0. The van der Waals surface area contributed by atoms with Crippen molar-refractivity contribution in [3.8, 4) is 0 Å². The van der Waals surface area contributed by atoms with Gasteiger partial charge in [-0.2, -0.15) is 12.3 Å². The van der Waals surface area contributed by atoms with Gasteiger partial charge in [-0.3, -0.25) is 0 Å². The van der Waals surface area contributed by atoms with Crippen LogP contribution in [0.1, 0.15) is 38.5 Å². The molecule has 0 aliphatic heterocycles. The van der Waals surface area contributed by atoms with E-state index in [0.717, 1.165) is 12.3 Å². The summed E-state index contributed by atoms with van der Waals surface area (Å²) < 4.78 is 0. The van der Waals surface area contributed by atoms with E-state index in [-0.39, 0.29) is 32.7 Å². The molecule has 0 bridgehead atoms. The minimum atomic E-state index is 0. The molecule has 0 aromatic rings. The predicted octanol–water partition coefficient (Wildman–Crippen LogP) is 3.20. The Morgan fingerprint density at radius 2 is 2.36 bits per heavy atom. The summed E-state index contributed by atoms with van der Waals surface area (Å²) in [6.45, 7) is 3.81. The quantitative estimate of drug-likeness (QED) is 0.510. The van der Waals surface area contributed by atoms with Crippen LogP contribution in [0.4, 0.5) is 0 Å². The summed E-state index contributed by atoms with van der Waals surface area (Å²) in [5.41, 5.74) is 0. The molecule has 0 saturated heterocycles. The topological polar surface area (TPSA) is 0 Å². The van der Waals surface area contributed by atoms with E-state index in [0.29, 0.717) is 0 Å². The Kier molecular flexibility index (Phi) is 8.51. The maximum Gasteiger partial charge on any atom is 3.00 e. The molecule has 0 spiro atoms. The van der Waals surface area contributed by atoms with Crippen LogP contribution in [-0.2, 0) is 32.7 Å². The Hall–Kier alpha value is 1.10. The molecule has 1 aliphatic rings. The fraction of sp³-hybridized carbons (Fsp3) is 0.700. The second-order valence-corrected chi connectivity index (χ2v) is 3.09. The zero-order valence-corrected chi connectivity index (χ0v) is 10.1. The van der Waals surface area contributed by atoms with Crippen molar-refractivity contribution < 1.29 is 32.7 Å². The molecule has 0 radical (unpaired) electrons. The normalized spacial score (nSPS) is 23.2. The Morgan fingerprint density at radius 3 is 2.91 bits per heavy atom. The second kappa shape index (κ2) is 7.74. The molecule has 0 amide bonds. The smallest absolute Gasteiger partial charge is 0.346 e. The number of hydrogen-bond acceptors (Lipinski definition) is 0. The van der Waals surface area contributed by atoms with E-state index in [2.05, 4.69) is 19.8 Å². The SMILES string of the molecule is [CH2-]CC[CH-]CC1[CH-]CCC1.[Y+3]. The van der Waals surface area contributed by atoms with Gasteiger partial charge in [0.2, 0.25) is 0 Å². The summed E-state index contributed by atoms with van der Waals surface area (Å²) in [5.74, 6) is 0.909. The largest absolute Gasteiger partial charge is 3.00 e. The third-order valence-electron chi connectivity index (χ3n) is 2.16. The first-order chi connectivity index (χ1) is 4.93. The summed E-state index contributed by atoms with van der Waals surface area (Å²) >= 11 is 0. The van der Waals surface area contributed by atoms with E-state index < -0.39 is 0 Å². The van der Waals surface area contributed by atoms with Gasteiger partial charge >= 0.3 is 32.7 Å². The van der Waals surface area contributed by atoms with Gasteiger partial charge in [-0.05, 0) is 0 Å². The zero-order valence-electron chi connectivity index (χ0n) is 7.26. The fourth-order valence-corrected chi connectivity index (χ4v) is 1.54. The molecular formula is C10H17Y. The first kappa shape index (κ1) is 12.1. The molecule has 0 heterocycles. The van der Waals surface area contributed by atoms with Crippen LogP contribution in [0.2, 0.25) is 0 Å². The molecule has 11 heavy (non-hydrogen) atoms. The van der Waals surface area contributed by atoms with Crippen molar-refractivity contribution in [2.24, 2.45) is 5.92 Å². The van der Waals surface area contributed by atoms with Crippen LogP contribution >= 0.6 is 0 Å².